The third-order valence-corrected chi connectivity index (χ3v) is 5.29. The van der Waals surface area contributed by atoms with Crippen molar-refractivity contribution in [2.24, 2.45) is 11.7 Å². The number of thioether (sulfide) groups is 1. The minimum atomic E-state index is 0.0896. The maximum Gasteiger partial charge on any atom is 0.216 e. The molecule has 4 heteroatoms. The Kier molecular flexibility index (Phi) is 3.26. The molecule has 2 aliphatic rings. The van der Waals surface area contributed by atoms with Gasteiger partial charge in [-0.05, 0) is 31.6 Å². The van der Waals surface area contributed by atoms with E-state index in [2.05, 4.69) is 17.1 Å². The molecule has 0 aromatic rings. The predicted molar refractivity (Wildman–Crippen MR) is 63.8 cm³/mol. The Labute approximate surface area is 95.6 Å². The zero-order chi connectivity index (χ0) is 10.9. The predicted octanol–water partition coefficient (Wildman–Crippen LogP) is 1.13. The minimum Gasteiger partial charge on any atom is -0.356 e. The zero-order valence-electron chi connectivity index (χ0n) is 9.29. The van der Waals surface area contributed by atoms with Crippen molar-refractivity contribution in [3.63, 3.8) is 0 Å². The van der Waals surface area contributed by atoms with Gasteiger partial charge in [0.15, 0.2) is 0 Å². The van der Waals surface area contributed by atoms with E-state index in [1.54, 1.807) is 6.92 Å². The van der Waals surface area contributed by atoms with E-state index in [1.165, 1.54) is 25.7 Å². The van der Waals surface area contributed by atoms with Gasteiger partial charge in [0.2, 0.25) is 5.91 Å². The Bertz CT molecular complexity index is 259. The lowest BCUT2D eigenvalue weighted by molar-refractivity contribution is -0.119. The van der Waals surface area contributed by atoms with Crippen LogP contribution in [0.25, 0.3) is 0 Å². The summed E-state index contributed by atoms with van der Waals surface area (Å²) in [5, 5.41) is 2.93. The summed E-state index contributed by atoms with van der Waals surface area (Å²) in [6.07, 6.45) is 4.95. The quantitative estimate of drug-likeness (QED) is 0.745. The van der Waals surface area contributed by atoms with Gasteiger partial charge in [-0.2, -0.15) is 11.8 Å². The molecule has 3 nitrogen and oxygen atoms in total. The van der Waals surface area contributed by atoms with Crippen LogP contribution < -0.4 is 11.1 Å². The van der Waals surface area contributed by atoms with E-state index < -0.39 is 0 Å². The van der Waals surface area contributed by atoms with Crippen LogP contribution in [0.4, 0.5) is 0 Å². The van der Waals surface area contributed by atoms with Gasteiger partial charge in [0, 0.05) is 30.0 Å². The van der Waals surface area contributed by atoms with Gasteiger partial charge >= 0.3 is 0 Å². The lowest BCUT2D eigenvalue weighted by atomic mass is 9.97. The van der Waals surface area contributed by atoms with E-state index in [1.807, 2.05) is 0 Å². The summed E-state index contributed by atoms with van der Waals surface area (Å²) in [5.41, 5.74) is 5.97. The number of nitrogens with one attached hydrogen (secondary N) is 1. The Morgan fingerprint density at radius 1 is 1.60 bits per heavy atom. The summed E-state index contributed by atoms with van der Waals surface area (Å²) >= 11 is 2.06. The molecule has 1 amide bonds. The molecule has 1 saturated heterocycles. The van der Waals surface area contributed by atoms with Crippen molar-refractivity contribution in [2.45, 2.75) is 43.4 Å². The van der Waals surface area contributed by atoms with Crippen LogP contribution in [-0.4, -0.2) is 29.0 Å². The fourth-order valence-electron chi connectivity index (χ4n) is 2.86. The largest absolute Gasteiger partial charge is 0.356 e. The van der Waals surface area contributed by atoms with Crippen LogP contribution in [0.1, 0.15) is 32.6 Å². The van der Waals surface area contributed by atoms with Crippen molar-refractivity contribution in [1.82, 2.24) is 5.32 Å². The van der Waals surface area contributed by atoms with Crippen LogP contribution in [-0.2, 0) is 4.79 Å². The van der Waals surface area contributed by atoms with Gasteiger partial charge < -0.3 is 11.1 Å². The van der Waals surface area contributed by atoms with Crippen LogP contribution in [0.15, 0.2) is 0 Å². The van der Waals surface area contributed by atoms with E-state index in [4.69, 9.17) is 5.73 Å². The first-order chi connectivity index (χ1) is 7.10. The first-order valence-electron chi connectivity index (χ1n) is 5.74. The van der Waals surface area contributed by atoms with Gasteiger partial charge in [0.1, 0.15) is 0 Å². The molecule has 3 N–H and O–H groups in total. The molecule has 1 saturated carbocycles. The standard InChI is InChI=1S/C11H20N2OS/c1-8(14)13-6-9-2-3-11(4-9)5-10(12)7-15-11/h9-10H,2-7,12H2,1H3,(H,13,14). The molecule has 3 unspecified atom stereocenters. The molecule has 1 heterocycles. The van der Waals surface area contributed by atoms with Crippen LogP contribution >= 0.6 is 11.8 Å². The Balaban J connectivity index is 1.81. The van der Waals surface area contributed by atoms with Crippen LogP contribution in [0.5, 0.6) is 0 Å². The fraction of sp³-hybridized carbons (Fsp3) is 0.909. The van der Waals surface area contributed by atoms with E-state index in [0.717, 1.165) is 12.3 Å². The number of hydrogen-bond donors (Lipinski definition) is 2. The lowest BCUT2D eigenvalue weighted by Crippen LogP contribution is -2.28. The van der Waals surface area contributed by atoms with Crippen LogP contribution in [0.3, 0.4) is 0 Å². The number of amides is 1. The monoisotopic (exact) mass is 228 g/mol. The molecule has 1 spiro atoms. The average molecular weight is 228 g/mol. The molecular weight excluding hydrogens is 208 g/mol. The molecule has 0 bridgehead atoms. The molecule has 3 atom stereocenters. The molecule has 0 aromatic heterocycles. The van der Waals surface area contributed by atoms with Crippen molar-refractivity contribution in [3.05, 3.63) is 0 Å². The summed E-state index contributed by atoms with van der Waals surface area (Å²) < 4.78 is 0.461. The summed E-state index contributed by atoms with van der Waals surface area (Å²) in [5.74, 6) is 1.88. The summed E-state index contributed by atoms with van der Waals surface area (Å²) in [6.45, 7) is 2.44. The number of carbonyl (C=O) groups is 1. The van der Waals surface area contributed by atoms with E-state index in [0.29, 0.717) is 16.7 Å². The Hall–Kier alpha value is -0.220. The molecule has 86 valence electrons. The van der Waals surface area contributed by atoms with Crippen molar-refractivity contribution in [1.29, 1.82) is 0 Å². The van der Waals surface area contributed by atoms with Crippen molar-refractivity contribution in [2.75, 3.05) is 12.3 Å². The maximum absolute atomic E-state index is 10.8. The van der Waals surface area contributed by atoms with E-state index in [9.17, 15) is 4.79 Å². The van der Waals surface area contributed by atoms with Gasteiger partial charge in [-0.3, -0.25) is 4.79 Å². The first-order valence-corrected chi connectivity index (χ1v) is 6.72. The number of rotatable bonds is 2. The maximum atomic E-state index is 10.8. The highest BCUT2D eigenvalue weighted by Crippen LogP contribution is 2.51. The number of carbonyl (C=O) groups excluding carboxylic acids is 1. The van der Waals surface area contributed by atoms with Gasteiger partial charge in [-0.25, -0.2) is 0 Å². The normalized spacial score (nSPS) is 39.9. The summed E-state index contributed by atoms with van der Waals surface area (Å²) in [4.78, 5) is 10.8. The van der Waals surface area contributed by atoms with Gasteiger partial charge in [-0.15, -0.1) is 0 Å². The van der Waals surface area contributed by atoms with E-state index in [-0.39, 0.29) is 5.91 Å². The van der Waals surface area contributed by atoms with Gasteiger partial charge in [0.25, 0.3) is 0 Å². The molecule has 0 aromatic carbocycles. The molecule has 1 aliphatic carbocycles. The van der Waals surface area contributed by atoms with E-state index >= 15 is 0 Å². The van der Waals surface area contributed by atoms with Gasteiger partial charge in [0.05, 0.1) is 0 Å². The second-order valence-corrected chi connectivity index (χ2v) is 6.49. The lowest BCUT2D eigenvalue weighted by Gasteiger charge is -2.22. The third kappa shape index (κ3) is 2.67. The topological polar surface area (TPSA) is 55.1 Å². The van der Waals surface area contributed by atoms with Gasteiger partial charge in [-0.1, -0.05) is 0 Å². The molecule has 1 aliphatic heterocycles. The molecule has 2 fully saturated rings. The summed E-state index contributed by atoms with van der Waals surface area (Å²) in [7, 11) is 0. The highest BCUT2D eigenvalue weighted by atomic mass is 32.2. The summed E-state index contributed by atoms with van der Waals surface area (Å²) in [6, 6.07) is 0.398. The number of hydrogen-bond acceptors (Lipinski definition) is 3. The second kappa shape index (κ2) is 4.34. The molecule has 15 heavy (non-hydrogen) atoms. The highest BCUT2D eigenvalue weighted by molar-refractivity contribution is 8.01. The number of nitrogens with two attached hydrogens (primary N) is 1. The van der Waals surface area contributed by atoms with Crippen molar-refractivity contribution >= 4 is 17.7 Å². The zero-order valence-corrected chi connectivity index (χ0v) is 10.1. The Morgan fingerprint density at radius 2 is 2.40 bits per heavy atom. The minimum absolute atomic E-state index is 0.0896. The first kappa shape index (κ1) is 11.3. The third-order valence-electron chi connectivity index (χ3n) is 3.55. The van der Waals surface area contributed by atoms with Crippen molar-refractivity contribution < 1.29 is 4.79 Å². The van der Waals surface area contributed by atoms with Crippen molar-refractivity contribution in [3.8, 4) is 0 Å². The van der Waals surface area contributed by atoms with Crippen LogP contribution in [0, 0.1) is 5.92 Å². The molecular formula is C11H20N2OS. The molecule has 0 radical (unpaired) electrons. The molecule has 2 rings (SSSR count). The highest BCUT2D eigenvalue weighted by Gasteiger charge is 2.44. The Morgan fingerprint density at radius 3 is 3.00 bits per heavy atom. The van der Waals surface area contributed by atoms with Crippen LogP contribution in [0.2, 0.25) is 0 Å². The average Bonchev–Trinajstić information content (AvgIpc) is 2.72. The second-order valence-electron chi connectivity index (χ2n) is 5.00. The smallest absolute Gasteiger partial charge is 0.216 e. The SMILES string of the molecule is CC(=O)NCC1CCC2(CC(N)CS2)C1. The fourth-order valence-corrected chi connectivity index (χ4v) is 4.49.